The van der Waals surface area contributed by atoms with E-state index in [9.17, 15) is 4.79 Å². The molecule has 4 nitrogen and oxygen atoms in total. The Morgan fingerprint density at radius 1 is 1.69 bits per heavy atom. The second-order valence-electron chi connectivity index (χ2n) is 3.01. The number of hydrogen-bond acceptors (Lipinski definition) is 3. The van der Waals surface area contributed by atoms with Crippen molar-refractivity contribution in [2.24, 2.45) is 11.5 Å². The number of aromatic nitrogens is 1. The van der Waals surface area contributed by atoms with E-state index in [2.05, 4.69) is 4.98 Å². The molecule has 0 aliphatic heterocycles. The number of carbonyl (C=O) groups excluding carboxylic acids is 1. The van der Waals surface area contributed by atoms with Crippen LogP contribution in [0.2, 0.25) is 0 Å². The van der Waals surface area contributed by atoms with Crippen LogP contribution in [0.3, 0.4) is 0 Å². The van der Waals surface area contributed by atoms with E-state index in [-0.39, 0.29) is 12.5 Å². The maximum atomic E-state index is 10.6. The normalized spacial score (nSPS) is 12.5. The Hall–Kier alpha value is -1.42. The Bertz CT molecular complexity index is 311. The molecular weight excluding hydrogens is 166 g/mol. The molecule has 4 N–H and O–H groups in total. The molecule has 1 aromatic heterocycles. The van der Waals surface area contributed by atoms with Crippen LogP contribution in [0, 0.1) is 6.92 Å². The summed E-state index contributed by atoms with van der Waals surface area (Å²) in [5.74, 6) is -0.393. The van der Waals surface area contributed by atoms with Gasteiger partial charge in [0, 0.05) is 24.9 Å². The first-order chi connectivity index (χ1) is 6.11. The van der Waals surface area contributed by atoms with Crippen LogP contribution in [0.5, 0.6) is 0 Å². The lowest BCUT2D eigenvalue weighted by Crippen LogP contribution is -2.21. The first kappa shape index (κ1) is 9.67. The van der Waals surface area contributed by atoms with E-state index >= 15 is 0 Å². The standard InChI is InChI=1S/C9H13N3O/c1-6-2-3-12-5-7(6)8(10)4-9(11)13/h2-3,5,8H,4,10H2,1H3,(H2,11,13). The van der Waals surface area contributed by atoms with Gasteiger partial charge in [-0.05, 0) is 24.1 Å². The second-order valence-corrected chi connectivity index (χ2v) is 3.01. The largest absolute Gasteiger partial charge is 0.370 e. The Balaban J connectivity index is 2.82. The van der Waals surface area contributed by atoms with Crippen molar-refractivity contribution in [3.05, 3.63) is 29.6 Å². The van der Waals surface area contributed by atoms with Crippen molar-refractivity contribution in [3.8, 4) is 0 Å². The number of amides is 1. The van der Waals surface area contributed by atoms with Crippen LogP contribution >= 0.6 is 0 Å². The number of nitrogens with two attached hydrogens (primary N) is 2. The van der Waals surface area contributed by atoms with Crippen LogP contribution in [0.1, 0.15) is 23.6 Å². The monoisotopic (exact) mass is 179 g/mol. The van der Waals surface area contributed by atoms with Gasteiger partial charge < -0.3 is 11.5 Å². The predicted molar refractivity (Wildman–Crippen MR) is 49.7 cm³/mol. The molecule has 0 aliphatic rings. The quantitative estimate of drug-likeness (QED) is 0.698. The first-order valence-electron chi connectivity index (χ1n) is 4.05. The van der Waals surface area contributed by atoms with E-state index in [1.165, 1.54) is 0 Å². The average molecular weight is 179 g/mol. The lowest BCUT2D eigenvalue weighted by Gasteiger charge is -2.11. The Morgan fingerprint density at radius 3 is 2.92 bits per heavy atom. The van der Waals surface area contributed by atoms with Crippen LogP contribution in [-0.2, 0) is 4.79 Å². The number of primary amides is 1. The van der Waals surface area contributed by atoms with Gasteiger partial charge in [-0.25, -0.2) is 0 Å². The topological polar surface area (TPSA) is 82.0 Å². The van der Waals surface area contributed by atoms with Gasteiger partial charge in [0.2, 0.25) is 5.91 Å². The highest BCUT2D eigenvalue weighted by Crippen LogP contribution is 2.16. The summed E-state index contributed by atoms with van der Waals surface area (Å²) >= 11 is 0. The molecule has 1 unspecified atom stereocenters. The SMILES string of the molecule is Cc1ccncc1C(N)CC(N)=O. The minimum Gasteiger partial charge on any atom is -0.370 e. The molecular formula is C9H13N3O. The van der Waals surface area contributed by atoms with Gasteiger partial charge in [0.25, 0.3) is 0 Å². The molecule has 1 atom stereocenters. The van der Waals surface area contributed by atoms with E-state index < -0.39 is 5.91 Å². The number of pyridine rings is 1. The van der Waals surface area contributed by atoms with E-state index in [1.807, 2.05) is 13.0 Å². The van der Waals surface area contributed by atoms with E-state index in [0.29, 0.717) is 0 Å². The average Bonchev–Trinajstić information content (AvgIpc) is 2.03. The van der Waals surface area contributed by atoms with Crippen molar-refractivity contribution in [2.45, 2.75) is 19.4 Å². The molecule has 1 heterocycles. The zero-order valence-electron chi connectivity index (χ0n) is 7.53. The number of aryl methyl sites for hydroxylation is 1. The fraction of sp³-hybridized carbons (Fsp3) is 0.333. The molecule has 1 aromatic rings. The fourth-order valence-corrected chi connectivity index (χ4v) is 1.19. The van der Waals surface area contributed by atoms with Crippen molar-refractivity contribution < 1.29 is 4.79 Å². The third kappa shape index (κ3) is 2.52. The summed E-state index contributed by atoms with van der Waals surface area (Å²) in [5.41, 5.74) is 12.7. The minimum atomic E-state index is -0.393. The number of hydrogen-bond donors (Lipinski definition) is 2. The molecule has 0 spiro atoms. The molecule has 0 saturated carbocycles. The number of carbonyl (C=O) groups is 1. The lowest BCUT2D eigenvalue weighted by molar-refractivity contribution is -0.118. The highest BCUT2D eigenvalue weighted by atomic mass is 16.1. The summed E-state index contributed by atoms with van der Waals surface area (Å²) in [6, 6.07) is 1.52. The van der Waals surface area contributed by atoms with E-state index in [4.69, 9.17) is 11.5 Å². The third-order valence-corrected chi connectivity index (χ3v) is 1.90. The van der Waals surface area contributed by atoms with Gasteiger partial charge in [0.15, 0.2) is 0 Å². The van der Waals surface area contributed by atoms with Crippen molar-refractivity contribution in [1.82, 2.24) is 4.98 Å². The number of rotatable bonds is 3. The molecule has 1 rings (SSSR count). The Labute approximate surface area is 77.0 Å². The van der Waals surface area contributed by atoms with Gasteiger partial charge in [0.1, 0.15) is 0 Å². The van der Waals surface area contributed by atoms with Crippen LogP contribution in [0.15, 0.2) is 18.5 Å². The summed E-state index contributed by atoms with van der Waals surface area (Å²) in [5, 5.41) is 0. The zero-order chi connectivity index (χ0) is 9.84. The van der Waals surface area contributed by atoms with Gasteiger partial charge >= 0.3 is 0 Å². The van der Waals surface area contributed by atoms with Gasteiger partial charge in [-0.3, -0.25) is 9.78 Å². The molecule has 1 amide bonds. The summed E-state index contributed by atoms with van der Waals surface area (Å²) in [6.07, 6.45) is 3.52. The highest BCUT2D eigenvalue weighted by molar-refractivity contribution is 5.74. The highest BCUT2D eigenvalue weighted by Gasteiger charge is 2.11. The second kappa shape index (κ2) is 4.00. The van der Waals surface area contributed by atoms with Gasteiger partial charge in [-0.1, -0.05) is 0 Å². The maximum Gasteiger partial charge on any atom is 0.219 e. The van der Waals surface area contributed by atoms with Crippen molar-refractivity contribution in [1.29, 1.82) is 0 Å². The summed E-state index contributed by atoms with van der Waals surface area (Å²) in [4.78, 5) is 14.6. The molecule has 4 heteroatoms. The fourth-order valence-electron chi connectivity index (χ4n) is 1.19. The van der Waals surface area contributed by atoms with Crippen LogP contribution in [0.4, 0.5) is 0 Å². The molecule has 0 radical (unpaired) electrons. The van der Waals surface area contributed by atoms with Gasteiger partial charge in [-0.2, -0.15) is 0 Å². The molecule has 0 saturated heterocycles. The maximum absolute atomic E-state index is 10.6. The van der Waals surface area contributed by atoms with Gasteiger partial charge in [-0.15, -0.1) is 0 Å². The summed E-state index contributed by atoms with van der Waals surface area (Å²) < 4.78 is 0. The number of nitrogens with zero attached hydrogens (tertiary/aromatic N) is 1. The Kier molecular flexibility index (Phi) is 2.97. The van der Waals surface area contributed by atoms with Crippen LogP contribution in [0.25, 0.3) is 0 Å². The van der Waals surface area contributed by atoms with Gasteiger partial charge in [0.05, 0.1) is 0 Å². The molecule has 0 fully saturated rings. The first-order valence-corrected chi connectivity index (χ1v) is 4.05. The zero-order valence-corrected chi connectivity index (χ0v) is 7.53. The molecule has 0 aromatic carbocycles. The van der Waals surface area contributed by atoms with E-state index in [1.54, 1.807) is 12.4 Å². The minimum absolute atomic E-state index is 0.159. The smallest absolute Gasteiger partial charge is 0.219 e. The lowest BCUT2D eigenvalue weighted by atomic mass is 10.0. The predicted octanol–water partition coefficient (Wildman–Crippen LogP) is 0.265. The van der Waals surface area contributed by atoms with Crippen molar-refractivity contribution >= 4 is 5.91 Å². The molecule has 70 valence electrons. The Morgan fingerprint density at radius 2 is 2.38 bits per heavy atom. The van der Waals surface area contributed by atoms with Crippen LogP contribution in [-0.4, -0.2) is 10.9 Å². The third-order valence-electron chi connectivity index (χ3n) is 1.90. The molecule has 0 bridgehead atoms. The molecule has 0 aliphatic carbocycles. The molecule has 13 heavy (non-hydrogen) atoms. The van der Waals surface area contributed by atoms with Crippen molar-refractivity contribution in [2.75, 3.05) is 0 Å². The van der Waals surface area contributed by atoms with E-state index in [0.717, 1.165) is 11.1 Å². The summed E-state index contributed by atoms with van der Waals surface area (Å²) in [7, 11) is 0. The summed E-state index contributed by atoms with van der Waals surface area (Å²) in [6.45, 7) is 1.93. The van der Waals surface area contributed by atoms with Crippen LogP contribution < -0.4 is 11.5 Å². The van der Waals surface area contributed by atoms with Crippen molar-refractivity contribution in [3.63, 3.8) is 0 Å².